The summed E-state index contributed by atoms with van der Waals surface area (Å²) >= 11 is 0. The molecule has 0 bridgehead atoms. The molecule has 0 saturated heterocycles. The van der Waals surface area contributed by atoms with Crippen LogP contribution in [0.15, 0.2) is 24.3 Å². The average Bonchev–Trinajstić information content (AvgIpc) is 2.45. The third kappa shape index (κ3) is 2.92. The van der Waals surface area contributed by atoms with Crippen molar-refractivity contribution in [2.45, 2.75) is 19.3 Å². The second-order valence-corrected chi connectivity index (χ2v) is 5.19. The SMILES string of the molecule is CC(CN(C)C(=O)C1CCOc2ccccc21)C(=O)O. The summed E-state index contributed by atoms with van der Waals surface area (Å²) in [6.07, 6.45) is 0.627. The van der Waals surface area contributed by atoms with Crippen molar-refractivity contribution in [1.29, 1.82) is 0 Å². The number of carboxylic acids is 1. The number of para-hydroxylation sites is 1. The first-order chi connectivity index (χ1) is 9.50. The number of fused-ring (bicyclic) bond motifs is 1. The van der Waals surface area contributed by atoms with Crippen LogP contribution in [0.5, 0.6) is 5.75 Å². The van der Waals surface area contributed by atoms with Crippen LogP contribution in [0.4, 0.5) is 0 Å². The molecular weight excluding hydrogens is 258 g/mol. The number of likely N-dealkylation sites (N-methyl/N-ethyl adjacent to an activating group) is 1. The Hall–Kier alpha value is -2.04. The van der Waals surface area contributed by atoms with Crippen LogP contribution in [-0.4, -0.2) is 42.1 Å². The zero-order valence-corrected chi connectivity index (χ0v) is 11.7. The molecule has 20 heavy (non-hydrogen) atoms. The lowest BCUT2D eigenvalue weighted by molar-refractivity contribution is -0.143. The zero-order valence-electron chi connectivity index (χ0n) is 11.7. The quantitative estimate of drug-likeness (QED) is 0.910. The molecule has 1 amide bonds. The van der Waals surface area contributed by atoms with Gasteiger partial charge in [0.15, 0.2) is 0 Å². The topological polar surface area (TPSA) is 66.8 Å². The van der Waals surface area contributed by atoms with Crippen LogP contribution in [0, 0.1) is 5.92 Å². The minimum absolute atomic E-state index is 0.0474. The van der Waals surface area contributed by atoms with E-state index >= 15 is 0 Å². The Morgan fingerprint density at radius 1 is 1.45 bits per heavy atom. The predicted molar refractivity (Wildman–Crippen MR) is 73.7 cm³/mol. The van der Waals surface area contributed by atoms with Crippen molar-refractivity contribution >= 4 is 11.9 Å². The first-order valence-corrected chi connectivity index (χ1v) is 6.70. The zero-order chi connectivity index (χ0) is 14.7. The standard InChI is InChI=1S/C15H19NO4/c1-10(15(18)19)9-16(2)14(17)12-7-8-20-13-6-4-3-5-11(12)13/h3-6,10,12H,7-9H2,1-2H3,(H,18,19). The Labute approximate surface area is 118 Å². The van der Waals surface area contributed by atoms with E-state index in [0.717, 1.165) is 11.3 Å². The molecule has 5 heteroatoms. The van der Waals surface area contributed by atoms with Gasteiger partial charge in [-0.05, 0) is 12.5 Å². The Bertz CT molecular complexity index is 514. The molecule has 0 aliphatic carbocycles. The fourth-order valence-corrected chi connectivity index (χ4v) is 2.44. The summed E-state index contributed by atoms with van der Waals surface area (Å²) in [5, 5.41) is 8.92. The lowest BCUT2D eigenvalue weighted by Gasteiger charge is -2.29. The van der Waals surface area contributed by atoms with Crippen molar-refractivity contribution in [1.82, 2.24) is 4.90 Å². The fraction of sp³-hybridized carbons (Fsp3) is 0.467. The highest BCUT2D eigenvalue weighted by Crippen LogP contribution is 2.34. The molecule has 0 aromatic heterocycles. The van der Waals surface area contributed by atoms with Crippen LogP contribution < -0.4 is 4.74 Å². The number of carbonyl (C=O) groups excluding carboxylic acids is 1. The van der Waals surface area contributed by atoms with E-state index in [2.05, 4.69) is 0 Å². The lowest BCUT2D eigenvalue weighted by atomic mass is 9.91. The third-order valence-corrected chi connectivity index (χ3v) is 3.60. The molecule has 1 heterocycles. The van der Waals surface area contributed by atoms with Gasteiger partial charge >= 0.3 is 5.97 Å². The molecule has 0 fully saturated rings. The number of benzene rings is 1. The molecular formula is C15H19NO4. The maximum atomic E-state index is 12.5. The van der Waals surface area contributed by atoms with E-state index in [-0.39, 0.29) is 18.4 Å². The monoisotopic (exact) mass is 277 g/mol. The number of nitrogens with zero attached hydrogens (tertiary/aromatic N) is 1. The minimum atomic E-state index is -0.892. The van der Waals surface area contributed by atoms with Crippen LogP contribution in [0.25, 0.3) is 0 Å². The molecule has 108 valence electrons. The van der Waals surface area contributed by atoms with Crippen LogP contribution in [0.1, 0.15) is 24.8 Å². The molecule has 0 spiro atoms. The second-order valence-electron chi connectivity index (χ2n) is 5.19. The molecule has 5 nitrogen and oxygen atoms in total. The van der Waals surface area contributed by atoms with Gasteiger partial charge in [-0.3, -0.25) is 9.59 Å². The number of hydrogen-bond donors (Lipinski definition) is 1. The van der Waals surface area contributed by atoms with Crippen molar-refractivity contribution in [3.05, 3.63) is 29.8 Å². The largest absolute Gasteiger partial charge is 0.493 e. The molecule has 0 saturated carbocycles. The van der Waals surface area contributed by atoms with Gasteiger partial charge in [-0.1, -0.05) is 25.1 Å². The number of aliphatic carboxylic acids is 1. The minimum Gasteiger partial charge on any atom is -0.493 e. The van der Waals surface area contributed by atoms with Gasteiger partial charge in [0, 0.05) is 19.2 Å². The van der Waals surface area contributed by atoms with Crippen LogP contribution >= 0.6 is 0 Å². The van der Waals surface area contributed by atoms with Crippen molar-refractivity contribution in [3.8, 4) is 5.75 Å². The van der Waals surface area contributed by atoms with Gasteiger partial charge in [-0.2, -0.15) is 0 Å². The van der Waals surface area contributed by atoms with Crippen molar-refractivity contribution in [2.24, 2.45) is 5.92 Å². The molecule has 1 aliphatic heterocycles. The Balaban J connectivity index is 2.12. The van der Waals surface area contributed by atoms with Gasteiger partial charge in [0.1, 0.15) is 5.75 Å². The van der Waals surface area contributed by atoms with E-state index in [9.17, 15) is 9.59 Å². The maximum Gasteiger partial charge on any atom is 0.308 e. The first-order valence-electron chi connectivity index (χ1n) is 6.70. The van der Waals surface area contributed by atoms with Gasteiger partial charge in [-0.25, -0.2) is 0 Å². The number of amides is 1. The normalized spacial score (nSPS) is 18.6. The Morgan fingerprint density at radius 2 is 2.15 bits per heavy atom. The summed E-state index contributed by atoms with van der Waals surface area (Å²) in [6.45, 7) is 2.33. The van der Waals surface area contributed by atoms with Crippen molar-refractivity contribution in [3.63, 3.8) is 0 Å². The Morgan fingerprint density at radius 3 is 2.85 bits per heavy atom. The number of rotatable bonds is 4. The summed E-state index contributed by atoms with van der Waals surface area (Å²) < 4.78 is 5.54. The van der Waals surface area contributed by atoms with E-state index in [1.165, 1.54) is 4.90 Å². The lowest BCUT2D eigenvalue weighted by Crippen LogP contribution is -2.38. The third-order valence-electron chi connectivity index (χ3n) is 3.60. The summed E-state index contributed by atoms with van der Waals surface area (Å²) in [4.78, 5) is 24.9. The first kappa shape index (κ1) is 14.4. The molecule has 0 radical (unpaired) electrons. The molecule has 2 unspecified atom stereocenters. The fourth-order valence-electron chi connectivity index (χ4n) is 2.44. The van der Waals surface area contributed by atoms with Crippen molar-refractivity contribution in [2.75, 3.05) is 20.2 Å². The smallest absolute Gasteiger partial charge is 0.308 e. The highest BCUT2D eigenvalue weighted by atomic mass is 16.5. The van der Waals surface area contributed by atoms with Crippen molar-refractivity contribution < 1.29 is 19.4 Å². The average molecular weight is 277 g/mol. The molecule has 1 N–H and O–H groups in total. The van der Waals surface area contributed by atoms with Gasteiger partial charge in [-0.15, -0.1) is 0 Å². The molecule has 2 atom stereocenters. The molecule has 1 aliphatic rings. The number of carbonyl (C=O) groups is 2. The van der Waals surface area contributed by atoms with E-state index in [4.69, 9.17) is 9.84 Å². The molecule has 2 rings (SSSR count). The van der Waals surface area contributed by atoms with Gasteiger partial charge < -0.3 is 14.7 Å². The van der Waals surface area contributed by atoms with Crippen LogP contribution in [-0.2, 0) is 9.59 Å². The van der Waals surface area contributed by atoms with Crippen LogP contribution in [0.2, 0.25) is 0 Å². The number of ether oxygens (including phenoxy) is 1. The summed E-state index contributed by atoms with van der Waals surface area (Å²) in [5.41, 5.74) is 0.888. The number of carboxylic acid groups (broad SMARTS) is 1. The predicted octanol–water partition coefficient (Wildman–Crippen LogP) is 1.73. The van der Waals surface area contributed by atoms with Gasteiger partial charge in [0.25, 0.3) is 0 Å². The highest BCUT2D eigenvalue weighted by Gasteiger charge is 2.30. The summed E-state index contributed by atoms with van der Waals surface area (Å²) in [6, 6.07) is 7.51. The summed E-state index contributed by atoms with van der Waals surface area (Å²) in [5.74, 6) is -1.01. The van der Waals surface area contributed by atoms with Crippen LogP contribution in [0.3, 0.4) is 0 Å². The van der Waals surface area contributed by atoms with E-state index in [0.29, 0.717) is 13.0 Å². The van der Waals surface area contributed by atoms with Gasteiger partial charge in [0.05, 0.1) is 18.4 Å². The number of hydrogen-bond acceptors (Lipinski definition) is 3. The summed E-state index contributed by atoms with van der Waals surface area (Å²) in [7, 11) is 1.65. The molecule has 1 aromatic rings. The van der Waals surface area contributed by atoms with E-state index < -0.39 is 11.9 Å². The second kappa shape index (κ2) is 5.94. The van der Waals surface area contributed by atoms with E-state index in [1.54, 1.807) is 14.0 Å². The molecule has 1 aromatic carbocycles. The Kier molecular flexibility index (Phi) is 4.27. The van der Waals surface area contributed by atoms with Gasteiger partial charge in [0.2, 0.25) is 5.91 Å². The highest BCUT2D eigenvalue weighted by molar-refractivity contribution is 5.85. The van der Waals surface area contributed by atoms with E-state index in [1.807, 2.05) is 24.3 Å². The maximum absolute atomic E-state index is 12.5.